The summed E-state index contributed by atoms with van der Waals surface area (Å²) in [6.07, 6.45) is 3.36. The number of nitrogens with two attached hydrogens (primary N) is 1. The van der Waals surface area contributed by atoms with Crippen molar-refractivity contribution in [1.29, 1.82) is 0 Å². The van der Waals surface area contributed by atoms with E-state index in [1.54, 1.807) is 6.07 Å². The van der Waals surface area contributed by atoms with E-state index in [1.165, 1.54) is 0 Å². The number of esters is 1. The zero-order valence-electron chi connectivity index (χ0n) is 23.5. The lowest BCUT2D eigenvalue weighted by Crippen LogP contribution is -2.50. The van der Waals surface area contributed by atoms with Crippen molar-refractivity contribution in [3.63, 3.8) is 0 Å². The lowest BCUT2D eigenvalue weighted by atomic mass is 9.91. The van der Waals surface area contributed by atoms with Gasteiger partial charge in [0.2, 0.25) is 11.7 Å². The molecule has 226 valence electrons. The fourth-order valence-corrected chi connectivity index (χ4v) is 5.71. The molecule has 3 aromatic carbocycles. The van der Waals surface area contributed by atoms with E-state index in [9.17, 15) is 22.8 Å². The van der Waals surface area contributed by atoms with Crippen LogP contribution in [-0.2, 0) is 27.2 Å². The molecule has 0 radical (unpaired) electrons. The van der Waals surface area contributed by atoms with Crippen molar-refractivity contribution in [2.24, 2.45) is 5.73 Å². The largest absolute Gasteiger partial charge is 0.488 e. The molecule has 0 aromatic heterocycles. The number of ether oxygens (including phenoxy) is 2. The van der Waals surface area contributed by atoms with Crippen LogP contribution in [0.4, 0.5) is 13.2 Å². The molecule has 0 unspecified atom stereocenters. The Bertz CT molecular complexity index is 1540. The van der Waals surface area contributed by atoms with Crippen molar-refractivity contribution in [3.8, 4) is 5.75 Å². The first-order chi connectivity index (χ1) is 20.7. The second-order valence-corrected chi connectivity index (χ2v) is 11.2. The molecule has 1 heterocycles. The Balaban J connectivity index is 1.26. The molecule has 1 fully saturated rings. The summed E-state index contributed by atoms with van der Waals surface area (Å²) in [5, 5.41) is 0.611. The third-order valence-electron chi connectivity index (χ3n) is 8.10. The van der Waals surface area contributed by atoms with Crippen LogP contribution in [-0.4, -0.2) is 48.6 Å². The molecule has 0 atom stereocenters. The van der Waals surface area contributed by atoms with Gasteiger partial charge in [0.1, 0.15) is 5.54 Å². The number of carbonyl (C=O) groups is 2. The van der Waals surface area contributed by atoms with Gasteiger partial charge in [-0.15, -0.1) is 0 Å². The van der Waals surface area contributed by atoms with Gasteiger partial charge < -0.3 is 15.2 Å². The van der Waals surface area contributed by atoms with Gasteiger partial charge in [-0.25, -0.2) is 13.6 Å². The third kappa shape index (κ3) is 6.89. The van der Waals surface area contributed by atoms with Crippen LogP contribution < -0.4 is 10.5 Å². The maximum absolute atomic E-state index is 13.8. The molecular weight excluding hydrogens is 581 g/mol. The molecule has 5 rings (SSSR count). The summed E-state index contributed by atoms with van der Waals surface area (Å²) in [7, 11) is 0. The standard InChI is InChI=1S/C33H32ClF3N2O4/c34-26-6-2-1-5-23(26)14-19-43-31(40)25-20-39(33(15-16-33)32(38)41)17-13-24(25)22-9-7-21(8-10-22)4-3-18-42-30-28(36)12-11-27(35)29(30)37/h1-2,5-12H,3-4,13-20H2,(H2,38,41). The molecule has 0 bridgehead atoms. The van der Waals surface area contributed by atoms with Crippen molar-refractivity contribution >= 4 is 29.1 Å². The van der Waals surface area contributed by atoms with Gasteiger partial charge in [0.15, 0.2) is 17.4 Å². The smallest absolute Gasteiger partial charge is 0.335 e. The normalized spacial score (nSPS) is 16.2. The van der Waals surface area contributed by atoms with Gasteiger partial charge in [-0.3, -0.25) is 9.69 Å². The van der Waals surface area contributed by atoms with Crippen LogP contribution in [0.15, 0.2) is 66.2 Å². The highest BCUT2D eigenvalue weighted by atomic mass is 35.5. The van der Waals surface area contributed by atoms with E-state index in [0.717, 1.165) is 28.3 Å². The molecule has 2 N–H and O–H groups in total. The zero-order chi connectivity index (χ0) is 30.6. The number of benzene rings is 3. The fourth-order valence-electron chi connectivity index (χ4n) is 5.48. The summed E-state index contributed by atoms with van der Waals surface area (Å²) in [6, 6.07) is 16.6. The van der Waals surface area contributed by atoms with E-state index < -0.39 is 34.7 Å². The number of rotatable bonds is 12. The summed E-state index contributed by atoms with van der Waals surface area (Å²) >= 11 is 6.25. The van der Waals surface area contributed by atoms with E-state index >= 15 is 0 Å². The van der Waals surface area contributed by atoms with Gasteiger partial charge in [-0.2, -0.15) is 4.39 Å². The highest BCUT2D eigenvalue weighted by molar-refractivity contribution is 6.31. The van der Waals surface area contributed by atoms with Crippen LogP contribution in [0.25, 0.3) is 5.57 Å². The third-order valence-corrected chi connectivity index (χ3v) is 8.47. The number of amides is 1. The predicted octanol–water partition coefficient (Wildman–Crippen LogP) is 6.03. The Labute approximate surface area is 253 Å². The number of primary amides is 1. The first kappa shape index (κ1) is 30.6. The molecule has 1 aliphatic carbocycles. The van der Waals surface area contributed by atoms with Crippen LogP contribution in [0, 0.1) is 17.5 Å². The predicted molar refractivity (Wildman–Crippen MR) is 157 cm³/mol. The van der Waals surface area contributed by atoms with E-state index in [4.69, 9.17) is 26.8 Å². The van der Waals surface area contributed by atoms with Gasteiger partial charge in [-0.1, -0.05) is 54.1 Å². The lowest BCUT2D eigenvalue weighted by Gasteiger charge is -2.35. The molecule has 6 nitrogen and oxygen atoms in total. The monoisotopic (exact) mass is 612 g/mol. The van der Waals surface area contributed by atoms with Crippen molar-refractivity contribution in [1.82, 2.24) is 4.90 Å². The molecule has 2 aliphatic rings. The molecule has 0 saturated heterocycles. The summed E-state index contributed by atoms with van der Waals surface area (Å²) in [5.41, 5.74) is 9.07. The minimum atomic E-state index is -1.34. The Kier molecular flexibility index (Phi) is 9.42. The van der Waals surface area contributed by atoms with E-state index in [1.807, 2.05) is 47.4 Å². The number of hydrogen-bond donors (Lipinski definition) is 1. The minimum absolute atomic E-state index is 0.00578. The fraction of sp³-hybridized carbons (Fsp3) is 0.333. The lowest BCUT2D eigenvalue weighted by molar-refractivity contribution is -0.139. The van der Waals surface area contributed by atoms with Crippen LogP contribution in [0.5, 0.6) is 5.75 Å². The Morgan fingerprint density at radius 1 is 0.930 bits per heavy atom. The Hall–Kier alpha value is -3.82. The molecular formula is C33H32ClF3N2O4. The molecule has 43 heavy (non-hydrogen) atoms. The van der Waals surface area contributed by atoms with Gasteiger partial charge in [0.25, 0.3) is 0 Å². The summed E-state index contributed by atoms with van der Waals surface area (Å²) in [4.78, 5) is 27.6. The summed E-state index contributed by atoms with van der Waals surface area (Å²) < 4.78 is 51.8. The van der Waals surface area contributed by atoms with Crippen LogP contribution in [0.1, 0.15) is 42.4 Å². The second-order valence-electron chi connectivity index (χ2n) is 10.8. The first-order valence-electron chi connectivity index (χ1n) is 14.2. The SMILES string of the molecule is NC(=O)C1(N2CCC(c3ccc(CCCOc4c(F)ccc(F)c4F)cc3)=C(C(=O)OCCc3ccccc3Cl)C2)CC1. The van der Waals surface area contributed by atoms with E-state index in [-0.39, 0.29) is 25.7 Å². The maximum atomic E-state index is 13.8. The summed E-state index contributed by atoms with van der Waals surface area (Å²) in [5.74, 6) is -5.00. The molecule has 3 aromatic rings. The van der Waals surface area contributed by atoms with Crippen LogP contribution >= 0.6 is 11.6 Å². The number of carbonyl (C=O) groups excluding carboxylic acids is 2. The first-order valence-corrected chi connectivity index (χ1v) is 14.6. The number of halogens is 4. The number of aryl methyl sites for hydroxylation is 1. The molecule has 0 spiro atoms. The average Bonchev–Trinajstić information content (AvgIpc) is 3.82. The molecule has 1 saturated carbocycles. The quantitative estimate of drug-likeness (QED) is 0.153. The van der Waals surface area contributed by atoms with Crippen molar-refractivity contribution in [3.05, 3.63) is 105 Å². The van der Waals surface area contributed by atoms with Gasteiger partial charge in [-0.05, 0) is 72.6 Å². The Morgan fingerprint density at radius 3 is 2.35 bits per heavy atom. The van der Waals surface area contributed by atoms with E-state index in [0.29, 0.717) is 61.7 Å². The molecule has 1 amide bonds. The number of hydrogen-bond acceptors (Lipinski definition) is 5. The zero-order valence-corrected chi connectivity index (χ0v) is 24.3. The molecule has 1 aliphatic heterocycles. The highest BCUT2D eigenvalue weighted by Crippen LogP contribution is 2.44. The van der Waals surface area contributed by atoms with Gasteiger partial charge in [0, 0.05) is 24.5 Å². The van der Waals surface area contributed by atoms with E-state index in [2.05, 4.69) is 0 Å². The maximum Gasteiger partial charge on any atom is 0.335 e. The highest BCUT2D eigenvalue weighted by Gasteiger charge is 2.54. The topological polar surface area (TPSA) is 81.9 Å². The van der Waals surface area contributed by atoms with Gasteiger partial charge >= 0.3 is 5.97 Å². The van der Waals surface area contributed by atoms with Crippen LogP contribution in [0.2, 0.25) is 5.02 Å². The average molecular weight is 613 g/mol. The minimum Gasteiger partial charge on any atom is -0.488 e. The molecule has 10 heteroatoms. The second kappa shape index (κ2) is 13.2. The van der Waals surface area contributed by atoms with Crippen LogP contribution in [0.3, 0.4) is 0 Å². The van der Waals surface area contributed by atoms with Crippen molar-refractivity contribution < 1.29 is 32.2 Å². The van der Waals surface area contributed by atoms with Crippen molar-refractivity contribution in [2.75, 3.05) is 26.3 Å². The van der Waals surface area contributed by atoms with Gasteiger partial charge in [0.05, 0.1) is 18.8 Å². The summed E-state index contributed by atoms with van der Waals surface area (Å²) in [6.45, 7) is 1.01. The van der Waals surface area contributed by atoms with Crippen molar-refractivity contribution in [2.45, 2.75) is 44.1 Å². The Morgan fingerprint density at radius 2 is 1.65 bits per heavy atom. The number of nitrogens with zero attached hydrogens (tertiary/aromatic N) is 1.